The zero-order valence-electron chi connectivity index (χ0n) is 10.9. The summed E-state index contributed by atoms with van der Waals surface area (Å²) >= 11 is 0. The maximum Gasteiger partial charge on any atom is 0.242 e. The second-order valence-corrected chi connectivity index (χ2v) is 4.40. The van der Waals surface area contributed by atoms with E-state index in [4.69, 9.17) is 15.2 Å². The van der Waals surface area contributed by atoms with E-state index in [-0.39, 0.29) is 0 Å². The molecule has 100 valence electrons. The number of ether oxygens (including phenoxy) is 2. The van der Waals surface area contributed by atoms with Crippen LogP contribution in [0.4, 0.5) is 11.5 Å². The van der Waals surface area contributed by atoms with Gasteiger partial charge in [-0.15, -0.1) is 0 Å². The summed E-state index contributed by atoms with van der Waals surface area (Å²) in [4.78, 5) is 8.81. The largest absolute Gasteiger partial charge is 0.479 e. The standard InChI is InChI=1S/C12H20N4O2/c1-17-7-3-6-14-11-9(13)12(18-2)16-10(15-11)8-4-5-8/h8H,3-7,13H2,1-2H3,(H,14,15,16). The van der Waals surface area contributed by atoms with E-state index in [9.17, 15) is 0 Å². The molecule has 0 unspecified atom stereocenters. The van der Waals surface area contributed by atoms with Crippen molar-refractivity contribution < 1.29 is 9.47 Å². The van der Waals surface area contributed by atoms with Crippen LogP contribution < -0.4 is 15.8 Å². The molecule has 0 spiro atoms. The SMILES string of the molecule is COCCCNc1nc(C2CC2)nc(OC)c1N. The summed E-state index contributed by atoms with van der Waals surface area (Å²) < 4.78 is 10.2. The van der Waals surface area contributed by atoms with Gasteiger partial charge in [0.2, 0.25) is 5.88 Å². The fourth-order valence-corrected chi connectivity index (χ4v) is 1.70. The normalized spacial score (nSPS) is 14.6. The first-order valence-corrected chi connectivity index (χ1v) is 6.20. The Bertz CT molecular complexity index is 407. The van der Waals surface area contributed by atoms with E-state index >= 15 is 0 Å². The van der Waals surface area contributed by atoms with Gasteiger partial charge in [-0.2, -0.15) is 4.98 Å². The van der Waals surface area contributed by atoms with Crippen molar-refractivity contribution in [2.24, 2.45) is 0 Å². The van der Waals surface area contributed by atoms with E-state index in [0.29, 0.717) is 29.9 Å². The molecule has 6 heteroatoms. The molecule has 0 aliphatic heterocycles. The zero-order valence-corrected chi connectivity index (χ0v) is 10.9. The molecule has 0 aromatic carbocycles. The van der Waals surface area contributed by atoms with Crippen LogP contribution in [-0.4, -0.2) is 37.3 Å². The van der Waals surface area contributed by atoms with Gasteiger partial charge in [-0.05, 0) is 19.3 Å². The predicted molar refractivity (Wildman–Crippen MR) is 70.0 cm³/mol. The summed E-state index contributed by atoms with van der Waals surface area (Å²) in [5.74, 6) is 2.43. The number of rotatable bonds is 7. The average molecular weight is 252 g/mol. The van der Waals surface area contributed by atoms with Crippen LogP contribution in [0.15, 0.2) is 0 Å². The molecule has 0 bridgehead atoms. The van der Waals surface area contributed by atoms with Crippen molar-refractivity contribution >= 4 is 11.5 Å². The molecule has 0 atom stereocenters. The van der Waals surface area contributed by atoms with Crippen LogP contribution >= 0.6 is 0 Å². The molecular formula is C12H20N4O2. The number of nitrogens with zero attached hydrogens (tertiary/aromatic N) is 2. The Hall–Kier alpha value is -1.56. The molecule has 1 aliphatic carbocycles. The summed E-state index contributed by atoms with van der Waals surface area (Å²) in [6, 6.07) is 0. The molecule has 1 heterocycles. The highest BCUT2D eigenvalue weighted by molar-refractivity contribution is 5.67. The molecule has 1 fully saturated rings. The van der Waals surface area contributed by atoms with Gasteiger partial charge >= 0.3 is 0 Å². The van der Waals surface area contributed by atoms with Crippen LogP contribution in [0, 0.1) is 0 Å². The van der Waals surface area contributed by atoms with E-state index < -0.39 is 0 Å². The molecule has 1 saturated carbocycles. The number of hydrogen-bond acceptors (Lipinski definition) is 6. The summed E-state index contributed by atoms with van der Waals surface area (Å²) in [6.45, 7) is 1.48. The third-order valence-corrected chi connectivity index (χ3v) is 2.88. The minimum Gasteiger partial charge on any atom is -0.479 e. The number of nitrogens with one attached hydrogen (secondary N) is 1. The number of nitrogens with two attached hydrogens (primary N) is 1. The van der Waals surface area contributed by atoms with Crippen molar-refractivity contribution in [1.29, 1.82) is 0 Å². The Morgan fingerprint density at radius 2 is 2.11 bits per heavy atom. The van der Waals surface area contributed by atoms with Crippen molar-refractivity contribution in [1.82, 2.24) is 9.97 Å². The highest BCUT2D eigenvalue weighted by Gasteiger charge is 2.28. The van der Waals surface area contributed by atoms with Crippen LogP contribution in [0.5, 0.6) is 5.88 Å². The van der Waals surface area contributed by atoms with Crippen LogP contribution in [-0.2, 0) is 4.74 Å². The van der Waals surface area contributed by atoms with Crippen molar-refractivity contribution in [3.8, 4) is 5.88 Å². The summed E-state index contributed by atoms with van der Waals surface area (Å²) in [5, 5.41) is 3.21. The maximum atomic E-state index is 5.95. The number of hydrogen-bond donors (Lipinski definition) is 2. The lowest BCUT2D eigenvalue weighted by molar-refractivity contribution is 0.198. The monoisotopic (exact) mass is 252 g/mol. The summed E-state index contributed by atoms with van der Waals surface area (Å²) in [6.07, 6.45) is 3.20. The second-order valence-electron chi connectivity index (χ2n) is 4.40. The third kappa shape index (κ3) is 3.01. The second kappa shape index (κ2) is 5.86. The van der Waals surface area contributed by atoms with Gasteiger partial charge < -0.3 is 20.5 Å². The minimum absolute atomic E-state index is 0.459. The number of aromatic nitrogens is 2. The zero-order chi connectivity index (χ0) is 13.0. The van der Waals surface area contributed by atoms with Gasteiger partial charge in [-0.1, -0.05) is 0 Å². The fraction of sp³-hybridized carbons (Fsp3) is 0.667. The number of methoxy groups -OCH3 is 2. The molecule has 1 aromatic rings. The highest BCUT2D eigenvalue weighted by atomic mass is 16.5. The van der Waals surface area contributed by atoms with Gasteiger partial charge in [0.15, 0.2) is 5.82 Å². The van der Waals surface area contributed by atoms with Crippen molar-refractivity contribution in [3.63, 3.8) is 0 Å². The van der Waals surface area contributed by atoms with Crippen LogP contribution in [0.2, 0.25) is 0 Å². The first-order valence-electron chi connectivity index (χ1n) is 6.20. The molecule has 0 amide bonds. The van der Waals surface area contributed by atoms with E-state index in [2.05, 4.69) is 15.3 Å². The molecular weight excluding hydrogens is 232 g/mol. The molecule has 1 aliphatic rings. The molecule has 0 saturated heterocycles. The molecule has 0 radical (unpaired) electrons. The van der Waals surface area contributed by atoms with Crippen LogP contribution in [0.3, 0.4) is 0 Å². The Labute approximate surface area is 107 Å². The number of nitrogen functional groups attached to an aromatic ring is 1. The lowest BCUT2D eigenvalue weighted by atomic mass is 10.3. The first kappa shape index (κ1) is 12.9. The van der Waals surface area contributed by atoms with Gasteiger partial charge in [0.05, 0.1) is 7.11 Å². The van der Waals surface area contributed by atoms with E-state index in [1.807, 2.05) is 0 Å². The van der Waals surface area contributed by atoms with Crippen LogP contribution in [0.1, 0.15) is 31.0 Å². The van der Waals surface area contributed by atoms with Crippen molar-refractivity contribution in [2.45, 2.75) is 25.2 Å². The van der Waals surface area contributed by atoms with E-state index in [1.165, 1.54) is 0 Å². The summed E-state index contributed by atoms with van der Waals surface area (Å²) in [5.41, 5.74) is 6.43. The summed E-state index contributed by atoms with van der Waals surface area (Å²) in [7, 11) is 3.26. The smallest absolute Gasteiger partial charge is 0.242 e. The quantitative estimate of drug-likeness (QED) is 0.714. The third-order valence-electron chi connectivity index (χ3n) is 2.88. The maximum absolute atomic E-state index is 5.95. The number of anilines is 2. The van der Waals surface area contributed by atoms with Crippen molar-refractivity contribution in [2.75, 3.05) is 38.4 Å². The lowest BCUT2D eigenvalue weighted by Crippen LogP contribution is -2.11. The minimum atomic E-state index is 0.459. The molecule has 6 nitrogen and oxygen atoms in total. The van der Waals surface area contributed by atoms with Gasteiger partial charge in [0.1, 0.15) is 11.5 Å². The van der Waals surface area contributed by atoms with Gasteiger partial charge in [0, 0.05) is 26.2 Å². The van der Waals surface area contributed by atoms with E-state index in [1.54, 1.807) is 14.2 Å². The lowest BCUT2D eigenvalue weighted by Gasteiger charge is -2.12. The van der Waals surface area contributed by atoms with Gasteiger partial charge in [-0.25, -0.2) is 4.98 Å². The highest BCUT2D eigenvalue weighted by Crippen LogP contribution is 2.40. The molecule has 2 rings (SSSR count). The predicted octanol–water partition coefficient (Wildman–Crippen LogP) is 1.39. The van der Waals surface area contributed by atoms with Crippen molar-refractivity contribution in [3.05, 3.63) is 5.82 Å². The Balaban J connectivity index is 2.08. The van der Waals surface area contributed by atoms with Gasteiger partial charge in [-0.3, -0.25) is 0 Å². The topological polar surface area (TPSA) is 82.3 Å². The molecule has 1 aromatic heterocycles. The van der Waals surface area contributed by atoms with Gasteiger partial charge in [0.25, 0.3) is 0 Å². The Morgan fingerprint density at radius 3 is 2.72 bits per heavy atom. The first-order chi connectivity index (χ1) is 8.76. The molecule has 18 heavy (non-hydrogen) atoms. The molecule has 3 N–H and O–H groups in total. The Morgan fingerprint density at radius 1 is 1.33 bits per heavy atom. The fourth-order valence-electron chi connectivity index (χ4n) is 1.70. The van der Waals surface area contributed by atoms with E-state index in [0.717, 1.165) is 31.6 Å². The van der Waals surface area contributed by atoms with Crippen LogP contribution in [0.25, 0.3) is 0 Å². The average Bonchev–Trinajstić information content (AvgIpc) is 3.20. The Kier molecular flexibility index (Phi) is 4.19.